The summed E-state index contributed by atoms with van der Waals surface area (Å²) in [5, 5.41) is 30.8. The summed E-state index contributed by atoms with van der Waals surface area (Å²) in [5.41, 5.74) is 5.66. The SMILES string of the molecule is Nc1ccc(N=N/C(=N\Nc2cc(S(=O)(=O)O)cc(S(=O)(=O)O)c2O)c2ccccc2S(=O)(=O)O)c(C(=O)O)c1. The summed E-state index contributed by atoms with van der Waals surface area (Å²) in [6, 6.07) is 8.76. The lowest BCUT2D eigenvalue weighted by Crippen LogP contribution is -2.10. The van der Waals surface area contributed by atoms with Crippen molar-refractivity contribution in [1.82, 2.24) is 0 Å². The number of rotatable bonds is 8. The van der Waals surface area contributed by atoms with Gasteiger partial charge in [0.05, 0.1) is 10.5 Å². The van der Waals surface area contributed by atoms with Crippen LogP contribution in [-0.4, -0.2) is 60.9 Å². The van der Waals surface area contributed by atoms with Gasteiger partial charge in [0, 0.05) is 11.3 Å². The third kappa shape index (κ3) is 6.93. The lowest BCUT2D eigenvalue weighted by molar-refractivity contribution is 0.0697. The van der Waals surface area contributed by atoms with Gasteiger partial charge in [-0.2, -0.15) is 30.4 Å². The zero-order valence-electron chi connectivity index (χ0n) is 19.4. The number of amidine groups is 1. The highest BCUT2D eigenvalue weighted by atomic mass is 32.2. The molecule has 3 rings (SSSR count). The fourth-order valence-corrected chi connectivity index (χ4v) is 4.98. The van der Waals surface area contributed by atoms with E-state index in [-0.39, 0.29) is 17.4 Å². The molecule has 0 amide bonds. The molecule has 0 saturated carbocycles. The van der Waals surface area contributed by atoms with Crippen molar-refractivity contribution in [2.75, 3.05) is 11.2 Å². The zero-order valence-corrected chi connectivity index (χ0v) is 21.9. The highest BCUT2D eigenvalue weighted by Gasteiger charge is 2.25. The molecule has 0 spiro atoms. The largest absolute Gasteiger partial charge is 0.504 e. The Balaban J connectivity index is 2.28. The van der Waals surface area contributed by atoms with Crippen LogP contribution in [0.15, 0.2) is 84.6 Å². The van der Waals surface area contributed by atoms with E-state index in [1.165, 1.54) is 18.2 Å². The number of hydrogen-bond donors (Lipinski definition) is 7. The topological polar surface area (TPSA) is 296 Å². The van der Waals surface area contributed by atoms with Crippen molar-refractivity contribution in [2.45, 2.75) is 14.7 Å². The van der Waals surface area contributed by atoms with Gasteiger partial charge in [-0.15, -0.1) is 10.2 Å². The second kappa shape index (κ2) is 11.0. The standard InChI is InChI=1S/C20H17N5O12S3/c21-10-5-6-14(13(7-10)20(27)28)22-24-19(12-3-1-2-4-16(12)39(32,33)34)25-23-15-8-11(38(29,30)31)9-17(18(15)26)40(35,36)37/h1-9,23,26H,21H2,(H,27,28)(H,29,30,31)(H,32,33,34)(H,35,36,37)/b24-22?,25-19-. The summed E-state index contributed by atoms with van der Waals surface area (Å²) in [7, 11) is -15.3. The molecule has 0 aromatic heterocycles. The van der Waals surface area contributed by atoms with E-state index in [1.807, 2.05) is 5.43 Å². The van der Waals surface area contributed by atoms with Gasteiger partial charge in [0.1, 0.15) is 21.2 Å². The van der Waals surface area contributed by atoms with E-state index in [4.69, 9.17) is 5.73 Å². The first kappa shape index (κ1) is 30.1. The number of nitrogen functional groups attached to an aromatic ring is 1. The summed E-state index contributed by atoms with van der Waals surface area (Å²) in [4.78, 5) is 8.35. The van der Waals surface area contributed by atoms with Crippen LogP contribution in [0.1, 0.15) is 15.9 Å². The summed E-state index contributed by atoms with van der Waals surface area (Å²) in [6.07, 6.45) is 0. The maximum atomic E-state index is 11.9. The Bertz CT molecular complexity index is 1900. The number of nitrogens with zero attached hydrogens (tertiary/aromatic N) is 3. The number of phenolic OH excluding ortho intramolecular Hbond substituents is 1. The molecule has 212 valence electrons. The van der Waals surface area contributed by atoms with Crippen molar-refractivity contribution < 1.29 is 53.9 Å². The van der Waals surface area contributed by atoms with Crippen LogP contribution in [0.5, 0.6) is 5.75 Å². The third-order valence-corrected chi connectivity index (χ3v) is 7.43. The second-order valence-corrected chi connectivity index (χ2v) is 11.8. The summed E-state index contributed by atoms with van der Waals surface area (Å²) < 4.78 is 98.7. The first-order valence-electron chi connectivity index (χ1n) is 10.2. The average Bonchev–Trinajstić information content (AvgIpc) is 2.83. The lowest BCUT2D eigenvalue weighted by atomic mass is 10.1. The highest BCUT2D eigenvalue weighted by Crippen LogP contribution is 2.34. The molecule has 0 aliphatic carbocycles. The Morgan fingerprint density at radius 2 is 1.43 bits per heavy atom. The van der Waals surface area contributed by atoms with Crippen molar-refractivity contribution in [2.24, 2.45) is 15.3 Å². The average molecular weight is 616 g/mol. The summed E-state index contributed by atoms with van der Waals surface area (Å²) >= 11 is 0. The molecule has 40 heavy (non-hydrogen) atoms. The lowest BCUT2D eigenvalue weighted by Gasteiger charge is -2.11. The van der Waals surface area contributed by atoms with E-state index in [0.29, 0.717) is 6.07 Å². The molecule has 0 fully saturated rings. The Morgan fingerprint density at radius 3 is 2.00 bits per heavy atom. The number of hydrazone groups is 1. The fourth-order valence-electron chi connectivity index (χ4n) is 3.05. The Kier molecular flexibility index (Phi) is 8.24. The van der Waals surface area contributed by atoms with Gasteiger partial charge in [-0.3, -0.25) is 19.1 Å². The first-order chi connectivity index (χ1) is 18.4. The van der Waals surface area contributed by atoms with Crippen molar-refractivity contribution in [3.8, 4) is 5.75 Å². The van der Waals surface area contributed by atoms with E-state index in [2.05, 4.69) is 15.3 Å². The minimum Gasteiger partial charge on any atom is -0.504 e. The number of nitrogens with one attached hydrogen (secondary N) is 1. The number of aromatic hydroxyl groups is 1. The molecule has 0 atom stereocenters. The molecule has 20 heteroatoms. The number of carboxylic acids is 1. The Labute approximate surface area is 225 Å². The van der Waals surface area contributed by atoms with Gasteiger partial charge in [0.2, 0.25) is 5.84 Å². The molecule has 17 nitrogen and oxygen atoms in total. The molecule has 0 heterocycles. The number of carboxylic acid groups (broad SMARTS) is 1. The number of azo groups is 1. The van der Waals surface area contributed by atoms with Crippen LogP contribution in [0.4, 0.5) is 17.1 Å². The highest BCUT2D eigenvalue weighted by molar-refractivity contribution is 7.86. The Morgan fingerprint density at radius 1 is 0.800 bits per heavy atom. The number of carbonyl (C=O) groups is 1. The van der Waals surface area contributed by atoms with Crippen LogP contribution < -0.4 is 11.2 Å². The van der Waals surface area contributed by atoms with E-state index in [9.17, 15) is 53.9 Å². The number of anilines is 2. The molecule has 0 unspecified atom stereocenters. The predicted molar refractivity (Wildman–Crippen MR) is 136 cm³/mol. The maximum absolute atomic E-state index is 11.9. The number of nitrogens with two attached hydrogens (primary N) is 1. The number of phenols is 1. The molecular formula is C20H17N5O12S3. The number of aromatic carboxylic acids is 1. The van der Waals surface area contributed by atoms with Crippen molar-refractivity contribution in [3.63, 3.8) is 0 Å². The van der Waals surface area contributed by atoms with Gasteiger partial charge in [-0.25, -0.2) is 4.79 Å². The van der Waals surface area contributed by atoms with Crippen LogP contribution in [-0.2, 0) is 30.4 Å². The van der Waals surface area contributed by atoms with Crippen LogP contribution >= 0.6 is 0 Å². The van der Waals surface area contributed by atoms with Crippen LogP contribution in [0.2, 0.25) is 0 Å². The Hall–Kier alpha value is -4.47. The zero-order chi connectivity index (χ0) is 30.0. The van der Waals surface area contributed by atoms with Crippen LogP contribution in [0, 0.1) is 0 Å². The van der Waals surface area contributed by atoms with Gasteiger partial charge in [0.15, 0.2) is 5.75 Å². The first-order valence-corrected chi connectivity index (χ1v) is 14.5. The van der Waals surface area contributed by atoms with E-state index in [1.54, 1.807) is 0 Å². The number of benzene rings is 3. The molecule has 3 aromatic carbocycles. The monoisotopic (exact) mass is 615 g/mol. The van der Waals surface area contributed by atoms with Gasteiger partial charge in [-0.05, 0) is 42.5 Å². The smallest absolute Gasteiger partial charge is 0.338 e. The van der Waals surface area contributed by atoms with E-state index < -0.39 is 79.4 Å². The molecule has 0 saturated heterocycles. The molecule has 0 aliphatic heterocycles. The van der Waals surface area contributed by atoms with Gasteiger partial charge in [0.25, 0.3) is 30.4 Å². The summed E-state index contributed by atoms with van der Waals surface area (Å²) in [6.45, 7) is 0. The molecule has 0 bridgehead atoms. The molecule has 3 aromatic rings. The number of hydrogen-bond acceptors (Lipinski definition) is 12. The van der Waals surface area contributed by atoms with Crippen LogP contribution in [0.25, 0.3) is 0 Å². The minimum absolute atomic E-state index is 0.0625. The summed E-state index contributed by atoms with van der Waals surface area (Å²) in [5.74, 6) is -3.46. The molecule has 8 N–H and O–H groups in total. The molecule has 0 radical (unpaired) electrons. The van der Waals surface area contributed by atoms with E-state index in [0.717, 1.165) is 24.3 Å². The molecule has 0 aliphatic rings. The predicted octanol–water partition coefficient (Wildman–Crippen LogP) is 1.97. The maximum Gasteiger partial charge on any atom is 0.338 e. The van der Waals surface area contributed by atoms with Crippen molar-refractivity contribution in [3.05, 3.63) is 65.7 Å². The third-order valence-electron chi connectivity index (χ3n) is 4.82. The quantitative estimate of drug-likeness (QED) is 0.0362. The van der Waals surface area contributed by atoms with Crippen molar-refractivity contribution >= 4 is 59.2 Å². The van der Waals surface area contributed by atoms with Gasteiger partial charge in [-0.1, -0.05) is 12.1 Å². The van der Waals surface area contributed by atoms with Gasteiger partial charge >= 0.3 is 5.97 Å². The van der Waals surface area contributed by atoms with Crippen molar-refractivity contribution in [1.29, 1.82) is 0 Å². The fraction of sp³-hybridized carbons (Fsp3) is 0. The van der Waals surface area contributed by atoms with E-state index >= 15 is 0 Å². The normalized spacial score (nSPS) is 12.9. The van der Waals surface area contributed by atoms with Gasteiger partial charge < -0.3 is 15.9 Å². The minimum atomic E-state index is -5.25. The second-order valence-electron chi connectivity index (χ2n) is 7.57. The van der Waals surface area contributed by atoms with Crippen LogP contribution in [0.3, 0.4) is 0 Å². The molecular weight excluding hydrogens is 598 g/mol.